The maximum absolute atomic E-state index is 11.1. The highest BCUT2D eigenvalue weighted by Gasteiger charge is 2.29. The van der Waals surface area contributed by atoms with Crippen molar-refractivity contribution in [3.63, 3.8) is 0 Å². The summed E-state index contributed by atoms with van der Waals surface area (Å²) in [6.07, 6.45) is 1.79. The van der Waals surface area contributed by atoms with Gasteiger partial charge in [-0.2, -0.15) is 0 Å². The summed E-state index contributed by atoms with van der Waals surface area (Å²) in [5, 5.41) is 2.44. The van der Waals surface area contributed by atoms with Crippen LogP contribution in [-0.4, -0.2) is 17.8 Å². The van der Waals surface area contributed by atoms with Gasteiger partial charge in [-0.05, 0) is 18.3 Å². The minimum atomic E-state index is -0.340. The first-order chi connectivity index (χ1) is 5.01. The standard InChI is InChI=1S/C8H14ClNO/c1-8(2)3-4-10-7(11)6(9)5-8/h6H,3-5H2,1-2H3,(H,10,11). The largest absolute Gasteiger partial charge is 0.355 e. The fourth-order valence-electron chi connectivity index (χ4n) is 1.31. The second-order valence-corrected chi connectivity index (χ2v) is 4.40. The zero-order valence-corrected chi connectivity index (χ0v) is 7.74. The summed E-state index contributed by atoms with van der Waals surface area (Å²) in [6, 6.07) is 0. The molecule has 1 saturated heterocycles. The number of carbonyl (C=O) groups excluding carboxylic acids is 1. The molecule has 0 aromatic heterocycles. The Morgan fingerprint density at radius 1 is 1.64 bits per heavy atom. The normalized spacial score (nSPS) is 30.8. The topological polar surface area (TPSA) is 29.1 Å². The van der Waals surface area contributed by atoms with Gasteiger partial charge in [-0.3, -0.25) is 4.79 Å². The van der Waals surface area contributed by atoms with Crippen molar-refractivity contribution >= 4 is 17.5 Å². The van der Waals surface area contributed by atoms with Gasteiger partial charge in [0.1, 0.15) is 5.38 Å². The van der Waals surface area contributed by atoms with Gasteiger partial charge in [0.25, 0.3) is 0 Å². The molecule has 64 valence electrons. The van der Waals surface area contributed by atoms with Crippen LogP contribution in [0.2, 0.25) is 0 Å². The van der Waals surface area contributed by atoms with Crippen molar-refractivity contribution in [3.8, 4) is 0 Å². The molecule has 1 aliphatic rings. The maximum Gasteiger partial charge on any atom is 0.238 e. The van der Waals surface area contributed by atoms with Crippen LogP contribution in [0.1, 0.15) is 26.7 Å². The fourth-order valence-corrected chi connectivity index (χ4v) is 1.81. The molecular weight excluding hydrogens is 162 g/mol. The predicted octanol–water partition coefficient (Wildman–Crippen LogP) is 1.53. The lowest BCUT2D eigenvalue weighted by molar-refractivity contribution is -0.120. The van der Waals surface area contributed by atoms with Gasteiger partial charge in [0.15, 0.2) is 0 Å². The highest BCUT2D eigenvalue weighted by Crippen LogP contribution is 2.30. The van der Waals surface area contributed by atoms with Crippen LogP contribution in [0.4, 0.5) is 0 Å². The van der Waals surface area contributed by atoms with E-state index in [-0.39, 0.29) is 16.7 Å². The molecule has 0 bridgehead atoms. The summed E-state index contributed by atoms with van der Waals surface area (Å²) in [6.45, 7) is 5.04. The number of rotatable bonds is 0. The van der Waals surface area contributed by atoms with Crippen molar-refractivity contribution in [1.82, 2.24) is 5.32 Å². The number of carbonyl (C=O) groups is 1. The molecule has 0 aromatic carbocycles. The number of alkyl halides is 1. The summed E-state index contributed by atoms with van der Waals surface area (Å²) >= 11 is 5.84. The van der Waals surface area contributed by atoms with Crippen molar-refractivity contribution in [2.24, 2.45) is 5.41 Å². The highest BCUT2D eigenvalue weighted by atomic mass is 35.5. The van der Waals surface area contributed by atoms with Gasteiger partial charge in [-0.15, -0.1) is 11.6 Å². The summed E-state index contributed by atoms with van der Waals surface area (Å²) in [5.74, 6) is -0.0164. The molecule has 1 fully saturated rings. The van der Waals surface area contributed by atoms with E-state index in [2.05, 4.69) is 19.2 Å². The smallest absolute Gasteiger partial charge is 0.238 e. The van der Waals surface area contributed by atoms with E-state index in [0.717, 1.165) is 19.4 Å². The van der Waals surface area contributed by atoms with Crippen LogP contribution in [0.3, 0.4) is 0 Å². The first kappa shape index (κ1) is 8.85. The van der Waals surface area contributed by atoms with Crippen molar-refractivity contribution in [1.29, 1.82) is 0 Å². The Bertz CT molecular complexity index is 167. The van der Waals surface area contributed by atoms with Crippen LogP contribution in [0.15, 0.2) is 0 Å². The van der Waals surface area contributed by atoms with Gasteiger partial charge in [0, 0.05) is 6.54 Å². The summed E-state index contributed by atoms with van der Waals surface area (Å²) in [4.78, 5) is 11.1. The van der Waals surface area contributed by atoms with Gasteiger partial charge < -0.3 is 5.32 Å². The van der Waals surface area contributed by atoms with Gasteiger partial charge in [-0.25, -0.2) is 0 Å². The lowest BCUT2D eigenvalue weighted by Crippen LogP contribution is -2.29. The SMILES string of the molecule is CC1(C)CCNC(=O)C(Cl)C1. The Morgan fingerprint density at radius 2 is 2.27 bits per heavy atom. The average Bonchev–Trinajstić information content (AvgIpc) is 1.93. The minimum Gasteiger partial charge on any atom is -0.355 e. The second kappa shape index (κ2) is 3.02. The quantitative estimate of drug-likeness (QED) is 0.556. The second-order valence-electron chi connectivity index (χ2n) is 3.88. The minimum absolute atomic E-state index is 0.0164. The molecule has 1 N–H and O–H groups in total. The molecule has 0 aromatic rings. The van der Waals surface area contributed by atoms with Gasteiger partial charge >= 0.3 is 0 Å². The molecular formula is C8H14ClNO. The van der Waals surface area contributed by atoms with Gasteiger partial charge in [0.2, 0.25) is 5.91 Å². The van der Waals surface area contributed by atoms with E-state index in [4.69, 9.17) is 11.6 Å². The number of hydrogen-bond donors (Lipinski definition) is 1. The number of halogens is 1. The van der Waals surface area contributed by atoms with Gasteiger partial charge in [-0.1, -0.05) is 13.8 Å². The molecule has 2 nitrogen and oxygen atoms in total. The Hall–Kier alpha value is -0.240. The third-order valence-electron chi connectivity index (χ3n) is 2.12. The molecule has 0 radical (unpaired) electrons. The van der Waals surface area contributed by atoms with E-state index in [0.29, 0.717) is 0 Å². The Balaban J connectivity index is 2.63. The molecule has 1 aliphatic heterocycles. The van der Waals surface area contributed by atoms with Crippen LogP contribution in [0, 0.1) is 5.41 Å². The lowest BCUT2D eigenvalue weighted by Gasteiger charge is -2.21. The molecule has 0 aliphatic carbocycles. The molecule has 1 heterocycles. The third kappa shape index (κ3) is 2.37. The molecule has 1 unspecified atom stereocenters. The molecule has 3 heteroatoms. The Kier molecular flexibility index (Phi) is 2.43. The number of nitrogens with one attached hydrogen (secondary N) is 1. The van der Waals surface area contributed by atoms with Crippen molar-refractivity contribution in [2.75, 3.05) is 6.54 Å². The van der Waals surface area contributed by atoms with Crippen LogP contribution >= 0.6 is 11.6 Å². The van der Waals surface area contributed by atoms with Crippen molar-refractivity contribution in [3.05, 3.63) is 0 Å². The highest BCUT2D eigenvalue weighted by molar-refractivity contribution is 6.30. The first-order valence-electron chi connectivity index (χ1n) is 3.93. The molecule has 0 spiro atoms. The van der Waals surface area contributed by atoms with E-state index in [9.17, 15) is 4.79 Å². The van der Waals surface area contributed by atoms with Crippen LogP contribution in [-0.2, 0) is 4.79 Å². The van der Waals surface area contributed by atoms with Crippen LogP contribution in [0.5, 0.6) is 0 Å². The van der Waals surface area contributed by atoms with Crippen LogP contribution < -0.4 is 5.32 Å². The monoisotopic (exact) mass is 175 g/mol. The summed E-state index contributed by atoms with van der Waals surface area (Å²) in [5.41, 5.74) is 0.200. The Morgan fingerprint density at radius 3 is 2.91 bits per heavy atom. The molecule has 1 amide bonds. The van der Waals surface area contributed by atoms with E-state index < -0.39 is 0 Å². The van der Waals surface area contributed by atoms with E-state index >= 15 is 0 Å². The Labute approximate surface area is 72.3 Å². The number of amides is 1. The first-order valence-corrected chi connectivity index (χ1v) is 4.37. The zero-order valence-electron chi connectivity index (χ0n) is 6.98. The molecule has 1 rings (SSSR count). The van der Waals surface area contributed by atoms with E-state index in [1.54, 1.807) is 0 Å². The number of hydrogen-bond acceptors (Lipinski definition) is 1. The molecule has 11 heavy (non-hydrogen) atoms. The van der Waals surface area contributed by atoms with Crippen LogP contribution in [0.25, 0.3) is 0 Å². The average molecular weight is 176 g/mol. The van der Waals surface area contributed by atoms with Gasteiger partial charge in [0.05, 0.1) is 0 Å². The van der Waals surface area contributed by atoms with E-state index in [1.165, 1.54) is 0 Å². The maximum atomic E-state index is 11.1. The lowest BCUT2D eigenvalue weighted by atomic mass is 9.85. The van der Waals surface area contributed by atoms with E-state index in [1.807, 2.05) is 0 Å². The predicted molar refractivity (Wildman–Crippen MR) is 45.7 cm³/mol. The third-order valence-corrected chi connectivity index (χ3v) is 2.47. The molecule has 1 atom stereocenters. The fraction of sp³-hybridized carbons (Fsp3) is 0.875. The molecule has 0 saturated carbocycles. The zero-order chi connectivity index (χ0) is 8.48. The van der Waals surface area contributed by atoms with Crippen molar-refractivity contribution in [2.45, 2.75) is 32.1 Å². The summed E-state index contributed by atoms with van der Waals surface area (Å²) in [7, 11) is 0. The summed E-state index contributed by atoms with van der Waals surface area (Å²) < 4.78 is 0. The van der Waals surface area contributed by atoms with Crippen molar-refractivity contribution < 1.29 is 4.79 Å².